The lowest BCUT2D eigenvalue weighted by atomic mass is 10.1. The molecule has 0 aliphatic carbocycles. The van der Waals surface area contributed by atoms with Gasteiger partial charge in [-0.15, -0.1) is 0 Å². The maximum absolute atomic E-state index is 13.4. The highest BCUT2D eigenvalue weighted by atomic mass is 35.5. The highest BCUT2D eigenvalue weighted by Gasteiger charge is 2.19. The summed E-state index contributed by atoms with van der Waals surface area (Å²) in [6, 6.07) is 14.3. The minimum absolute atomic E-state index is 0.500. The number of aromatic nitrogens is 1. The summed E-state index contributed by atoms with van der Waals surface area (Å²) in [5, 5.41) is 1.27. The summed E-state index contributed by atoms with van der Waals surface area (Å²) in [5.41, 5.74) is 1.42. The zero-order chi connectivity index (χ0) is 24.5. The van der Waals surface area contributed by atoms with Crippen molar-refractivity contribution in [2.45, 2.75) is 4.90 Å². The Morgan fingerprint density at radius 1 is 1.06 bits per heavy atom. The molecule has 0 aliphatic rings. The maximum Gasteiger partial charge on any atom is 0.264 e. The maximum atomic E-state index is 13.4. The van der Waals surface area contributed by atoms with Crippen molar-refractivity contribution in [2.75, 3.05) is 0 Å². The van der Waals surface area contributed by atoms with Crippen molar-refractivity contribution in [3.8, 4) is 11.5 Å². The lowest BCUT2D eigenvalue weighted by Crippen LogP contribution is -2.29. The molecule has 10 heteroatoms. The molecule has 0 bridgehead atoms. The van der Waals surface area contributed by atoms with Crippen LogP contribution in [0.1, 0.15) is 5.56 Å². The van der Waals surface area contributed by atoms with E-state index in [0.29, 0.717) is 39.6 Å². The Hall–Kier alpha value is -3.69. The van der Waals surface area contributed by atoms with E-state index in [9.17, 15) is 22.0 Å². The average molecular weight is 503 g/mol. The molecule has 0 saturated heterocycles. The van der Waals surface area contributed by atoms with Gasteiger partial charge in [-0.1, -0.05) is 17.7 Å². The first-order valence-corrected chi connectivity index (χ1v) is 11.7. The third kappa shape index (κ3) is 4.95. The van der Waals surface area contributed by atoms with Crippen LogP contribution in [0.15, 0.2) is 77.8 Å². The van der Waals surface area contributed by atoms with Gasteiger partial charge in [0.15, 0.2) is 11.6 Å². The fourth-order valence-electron chi connectivity index (χ4n) is 3.32. The van der Waals surface area contributed by atoms with Crippen LogP contribution >= 0.6 is 11.6 Å². The number of nitrogens with one attached hydrogen (secondary N) is 1. The Bertz CT molecular complexity index is 1530. The number of sulfonamides is 1. The number of nitrogens with zero attached hydrogens (tertiary/aromatic N) is 1. The monoisotopic (exact) mass is 502 g/mol. The smallest absolute Gasteiger partial charge is 0.264 e. The van der Waals surface area contributed by atoms with E-state index in [0.717, 1.165) is 17.7 Å². The summed E-state index contributed by atoms with van der Waals surface area (Å²) < 4.78 is 60.8. The van der Waals surface area contributed by atoms with E-state index >= 15 is 0 Å². The number of ether oxygens (including phenoxy) is 1. The van der Waals surface area contributed by atoms with Gasteiger partial charge in [-0.3, -0.25) is 4.79 Å². The zero-order valence-corrected chi connectivity index (χ0v) is 19.2. The molecule has 0 radical (unpaired) electrons. The summed E-state index contributed by atoms with van der Waals surface area (Å²) in [5.74, 6) is -2.41. The Morgan fingerprint density at radius 2 is 1.79 bits per heavy atom. The largest absolute Gasteiger partial charge is 0.457 e. The third-order valence-corrected chi connectivity index (χ3v) is 6.49. The molecule has 3 aromatic carbocycles. The minimum atomic E-state index is -4.39. The lowest BCUT2D eigenvalue weighted by Gasteiger charge is -2.08. The number of aryl methyl sites for hydroxylation is 1. The van der Waals surface area contributed by atoms with Gasteiger partial charge in [0.1, 0.15) is 11.5 Å². The van der Waals surface area contributed by atoms with Crippen LogP contribution in [0.25, 0.3) is 17.0 Å². The Kier molecular flexibility index (Phi) is 6.41. The molecule has 4 rings (SSSR count). The number of benzene rings is 3. The lowest BCUT2D eigenvalue weighted by molar-refractivity contribution is -0.114. The number of hydrogen-bond donors (Lipinski definition) is 1. The van der Waals surface area contributed by atoms with E-state index in [1.165, 1.54) is 6.08 Å². The highest BCUT2D eigenvalue weighted by Crippen LogP contribution is 2.34. The van der Waals surface area contributed by atoms with Gasteiger partial charge in [0.25, 0.3) is 15.9 Å². The second-order valence-electron chi connectivity index (χ2n) is 7.28. The molecule has 0 unspecified atom stereocenters. The van der Waals surface area contributed by atoms with E-state index in [4.69, 9.17) is 16.3 Å². The van der Waals surface area contributed by atoms with Gasteiger partial charge in [-0.05, 0) is 60.7 Å². The molecule has 1 aromatic heterocycles. The van der Waals surface area contributed by atoms with E-state index in [1.54, 1.807) is 36.5 Å². The van der Waals surface area contributed by atoms with Crippen LogP contribution < -0.4 is 9.46 Å². The SMILES string of the molecule is Cn1cc(/C=C/C(=O)NS(=O)(=O)c2ccc(F)c(F)c2)c2c(Oc3ccc(Cl)cc3)cccc21. The molecule has 0 atom stereocenters. The molecule has 0 fully saturated rings. The van der Waals surface area contributed by atoms with Gasteiger partial charge in [0.2, 0.25) is 0 Å². The van der Waals surface area contributed by atoms with Crippen molar-refractivity contribution in [1.82, 2.24) is 9.29 Å². The van der Waals surface area contributed by atoms with Crippen molar-refractivity contribution >= 4 is 44.5 Å². The van der Waals surface area contributed by atoms with E-state index in [1.807, 2.05) is 28.5 Å². The van der Waals surface area contributed by atoms with E-state index in [2.05, 4.69) is 0 Å². The van der Waals surface area contributed by atoms with Gasteiger partial charge in [-0.2, -0.15) is 0 Å². The minimum Gasteiger partial charge on any atom is -0.457 e. The molecule has 0 spiro atoms. The number of rotatable bonds is 6. The van der Waals surface area contributed by atoms with Gasteiger partial charge in [0.05, 0.1) is 10.4 Å². The molecule has 1 heterocycles. The first-order chi connectivity index (χ1) is 16.1. The molecule has 174 valence electrons. The fourth-order valence-corrected chi connectivity index (χ4v) is 4.40. The molecule has 0 saturated carbocycles. The van der Waals surface area contributed by atoms with Crippen molar-refractivity contribution in [3.05, 3.63) is 95.2 Å². The zero-order valence-electron chi connectivity index (χ0n) is 17.6. The summed E-state index contributed by atoms with van der Waals surface area (Å²) in [4.78, 5) is 11.7. The summed E-state index contributed by atoms with van der Waals surface area (Å²) in [7, 11) is -2.57. The predicted molar refractivity (Wildman–Crippen MR) is 125 cm³/mol. The molecular formula is C24H17ClF2N2O4S. The van der Waals surface area contributed by atoms with Crippen LogP contribution in [0.3, 0.4) is 0 Å². The van der Waals surface area contributed by atoms with Crippen molar-refractivity contribution in [3.63, 3.8) is 0 Å². The fraction of sp³-hybridized carbons (Fsp3) is 0.0417. The van der Waals surface area contributed by atoms with Crippen LogP contribution in [-0.4, -0.2) is 18.9 Å². The molecule has 1 N–H and O–H groups in total. The first-order valence-electron chi connectivity index (χ1n) is 9.85. The Labute approximate surface area is 199 Å². The number of carbonyl (C=O) groups excluding carboxylic acids is 1. The molecule has 4 aromatic rings. The summed E-state index contributed by atoms with van der Waals surface area (Å²) >= 11 is 5.92. The first kappa shape index (κ1) is 23.5. The van der Waals surface area contributed by atoms with Crippen LogP contribution in [0.2, 0.25) is 5.02 Å². The van der Waals surface area contributed by atoms with Crippen molar-refractivity contribution < 1.29 is 26.7 Å². The Balaban J connectivity index is 1.61. The standard InChI is InChI=1S/C24H17ClF2N2O4S/c1-29-14-15(5-12-23(30)28-34(31,32)18-10-11-19(26)20(27)13-18)24-21(29)3-2-4-22(24)33-17-8-6-16(25)7-9-17/h2-14H,1H3,(H,28,30)/b12-5+. The molecule has 1 amide bonds. The summed E-state index contributed by atoms with van der Waals surface area (Å²) in [6.45, 7) is 0. The van der Waals surface area contributed by atoms with Crippen molar-refractivity contribution in [1.29, 1.82) is 0 Å². The third-order valence-electron chi connectivity index (χ3n) is 4.90. The topological polar surface area (TPSA) is 77.4 Å². The van der Waals surface area contributed by atoms with Crippen LogP contribution in [0.5, 0.6) is 11.5 Å². The van der Waals surface area contributed by atoms with Crippen LogP contribution in [0, 0.1) is 11.6 Å². The number of hydrogen-bond acceptors (Lipinski definition) is 4. The quantitative estimate of drug-likeness (QED) is 0.357. The van der Waals surface area contributed by atoms with Crippen LogP contribution in [-0.2, 0) is 21.9 Å². The van der Waals surface area contributed by atoms with E-state index in [-0.39, 0.29) is 0 Å². The Morgan fingerprint density at radius 3 is 2.50 bits per heavy atom. The second kappa shape index (κ2) is 9.28. The van der Waals surface area contributed by atoms with Crippen LogP contribution in [0.4, 0.5) is 8.78 Å². The summed E-state index contributed by atoms with van der Waals surface area (Å²) in [6.07, 6.45) is 4.23. The molecular weight excluding hydrogens is 486 g/mol. The number of halogens is 3. The van der Waals surface area contributed by atoms with Gasteiger partial charge >= 0.3 is 0 Å². The van der Waals surface area contributed by atoms with Gasteiger partial charge in [0, 0.05) is 35.3 Å². The molecule has 0 aliphatic heterocycles. The number of carbonyl (C=O) groups is 1. The molecule has 34 heavy (non-hydrogen) atoms. The highest BCUT2D eigenvalue weighted by molar-refractivity contribution is 7.90. The average Bonchev–Trinajstić information content (AvgIpc) is 3.12. The number of fused-ring (bicyclic) bond motifs is 1. The van der Waals surface area contributed by atoms with Gasteiger partial charge in [-0.25, -0.2) is 21.9 Å². The number of amides is 1. The van der Waals surface area contributed by atoms with Gasteiger partial charge < -0.3 is 9.30 Å². The normalized spacial score (nSPS) is 11.8. The van der Waals surface area contributed by atoms with E-state index < -0.39 is 32.5 Å². The van der Waals surface area contributed by atoms with Crippen molar-refractivity contribution in [2.24, 2.45) is 7.05 Å². The second-order valence-corrected chi connectivity index (χ2v) is 9.40. The predicted octanol–water partition coefficient (Wildman–Crippen LogP) is 5.42. The molecule has 6 nitrogen and oxygen atoms in total.